The van der Waals surface area contributed by atoms with Gasteiger partial charge in [0.2, 0.25) is 0 Å². The number of halogens is 7. The van der Waals surface area contributed by atoms with E-state index in [1.807, 2.05) is 0 Å². The molecule has 0 saturated carbocycles. The Kier molecular flexibility index (Phi) is 5.86. The van der Waals surface area contributed by atoms with E-state index in [0.717, 1.165) is 0 Å². The van der Waals surface area contributed by atoms with E-state index in [1.165, 1.54) is 6.07 Å². The van der Waals surface area contributed by atoms with Gasteiger partial charge in [-0.15, -0.1) is 12.4 Å². The maximum Gasteiger partial charge on any atom is 0.416 e. The zero-order valence-electron chi connectivity index (χ0n) is 9.72. The van der Waals surface area contributed by atoms with Crippen LogP contribution in [-0.2, 0) is 12.4 Å². The number of rotatable bonds is 2. The van der Waals surface area contributed by atoms with Crippen LogP contribution >= 0.6 is 12.4 Å². The summed E-state index contributed by atoms with van der Waals surface area (Å²) >= 11 is 0. The minimum atomic E-state index is -4.83. The van der Waals surface area contributed by atoms with Gasteiger partial charge in [-0.3, -0.25) is 0 Å². The van der Waals surface area contributed by atoms with Gasteiger partial charge in [-0.25, -0.2) is 0 Å². The molecule has 0 bridgehead atoms. The van der Waals surface area contributed by atoms with Gasteiger partial charge in [0.25, 0.3) is 0 Å². The van der Waals surface area contributed by atoms with Crippen molar-refractivity contribution >= 4 is 12.4 Å². The molecule has 20 heavy (non-hydrogen) atoms. The Morgan fingerprint density at radius 3 is 2.05 bits per heavy atom. The van der Waals surface area contributed by atoms with Crippen LogP contribution in [-0.4, -0.2) is 0 Å². The second-order valence-electron chi connectivity index (χ2n) is 3.77. The van der Waals surface area contributed by atoms with Gasteiger partial charge in [-0.2, -0.15) is 31.6 Å². The molecule has 0 heterocycles. The molecule has 0 fully saturated rings. The lowest BCUT2D eigenvalue weighted by molar-refractivity contribution is -0.142. The summed E-state index contributed by atoms with van der Waals surface area (Å²) in [6, 6.07) is 1.11. The molecule has 2 nitrogen and oxygen atoms in total. The molecule has 0 amide bonds. The Hall–Kier alpha value is -1.46. The topological polar surface area (TPSA) is 49.8 Å². The fourth-order valence-electron chi connectivity index (χ4n) is 1.51. The number of benzene rings is 1. The van der Waals surface area contributed by atoms with E-state index in [0.29, 0.717) is 18.2 Å². The van der Waals surface area contributed by atoms with Gasteiger partial charge in [0.1, 0.15) is 0 Å². The highest BCUT2D eigenvalue weighted by molar-refractivity contribution is 5.85. The zero-order chi connectivity index (χ0) is 14.8. The van der Waals surface area contributed by atoms with Gasteiger partial charge in [0.15, 0.2) is 0 Å². The number of nitrogens with two attached hydrogens (primary N) is 1. The van der Waals surface area contributed by atoms with Crippen LogP contribution in [0.1, 0.15) is 29.2 Å². The first-order chi connectivity index (χ1) is 8.57. The zero-order valence-corrected chi connectivity index (χ0v) is 10.5. The first-order valence-corrected chi connectivity index (χ1v) is 4.98. The molecule has 0 radical (unpaired) electrons. The lowest BCUT2D eigenvalue weighted by atomic mass is 9.96. The predicted molar refractivity (Wildman–Crippen MR) is 60.9 cm³/mol. The van der Waals surface area contributed by atoms with Crippen molar-refractivity contribution in [2.45, 2.75) is 24.8 Å². The van der Waals surface area contributed by atoms with Crippen LogP contribution in [0.2, 0.25) is 0 Å². The number of nitriles is 1. The van der Waals surface area contributed by atoms with E-state index in [4.69, 9.17) is 11.0 Å². The van der Waals surface area contributed by atoms with E-state index in [2.05, 4.69) is 0 Å². The number of alkyl halides is 6. The van der Waals surface area contributed by atoms with Crippen molar-refractivity contribution < 1.29 is 26.3 Å². The molecule has 9 heteroatoms. The Morgan fingerprint density at radius 2 is 1.65 bits per heavy atom. The fourth-order valence-corrected chi connectivity index (χ4v) is 1.51. The second-order valence-corrected chi connectivity index (χ2v) is 3.77. The molecule has 0 aliphatic heterocycles. The van der Waals surface area contributed by atoms with Crippen LogP contribution in [0.3, 0.4) is 0 Å². The average Bonchev–Trinajstić information content (AvgIpc) is 2.26. The van der Waals surface area contributed by atoms with E-state index in [1.54, 1.807) is 0 Å². The summed E-state index contributed by atoms with van der Waals surface area (Å²) in [5, 5.41) is 8.39. The van der Waals surface area contributed by atoms with Gasteiger partial charge in [0, 0.05) is 6.04 Å². The highest BCUT2D eigenvalue weighted by atomic mass is 35.5. The lowest BCUT2D eigenvalue weighted by Gasteiger charge is -2.18. The van der Waals surface area contributed by atoms with Gasteiger partial charge in [-0.1, -0.05) is 0 Å². The molecule has 1 atom stereocenters. The minimum Gasteiger partial charge on any atom is -0.323 e. The van der Waals surface area contributed by atoms with Crippen LogP contribution < -0.4 is 5.73 Å². The first-order valence-electron chi connectivity index (χ1n) is 4.98. The quantitative estimate of drug-likeness (QED) is 0.836. The third-order valence-electron chi connectivity index (χ3n) is 2.39. The molecule has 0 aromatic heterocycles. The van der Waals surface area contributed by atoms with Crippen molar-refractivity contribution in [3.05, 3.63) is 34.9 Å². The molecule has 0 unspecified atom stereocenters. The summed E-state index contributed by atoms with van der Waals surface area (Å²) in [6.45, 7) is 0. The Balaban J connectivity index is 0.00000361. The van der Waals surface area contributed by atoms with Crippen LogP contribution in [0, 0.1) is 11.3 Å². The van der Waals surface area contributed by atoms with Crippen molar-refractivity contribution in [3.8, 4) is 6.07 Å². The summed E-state index contributed by atoms with van der Waals surface area (Å²) in [7, 11) is 0. The monoisotopic (exact) mass is 318 g/mol. The lowest BCUT2D eigenvalue weighted by Crippen LogP contribution is -2.19. The van der Waals surface area contributed by atoms with Crippen molar-refractivity contribution in [1.82, 2.24) is 0 Å². The van der Waals surface area contributed by atoms with Crippen molar-refractivity contribution in [3.63, 3.8) is 0 Å². The third kappa shape index (κ3) is 4.28. The second kappa shape index (κ2) is 6.33. The largest absolute Gasteiger partial charge is 0.416 e. The van der Waals surface area contributed by atoms with E-state index < -0.39 is 41.5 Å². The van der Waals surface area contributed by atoms with Gasteiger partial charge < -0.3 is 5.73 Å². The highest BCUT2D eigenvalue weighted by Crippen LogP contribution is 2.38. The molecule has 0 aliphatic carbocycles. The molecule has 0 saturated heterocycles. The minimum absolute atomic E-state index is 0. The summed E-state index contributed by atoms with van der Waals surface area (Å²) < 4.78 is 75.3. The number of nitrogens with zero attached hydrogens (tertiary/aromatic N) is 1. The highest BCUT2D eigenvalue weighted by Gasteiger charge is 2.38. The smallest absolute Gasteiger partial charge is 0.323 e. The van der Waals surface area contributed by atoms with Crippen molar-refractivity contribution in [2.24, 2.45) is 5.73 Å². The van der Waals surface area contributed by atoms with E-state index in [9.17, 15) is 26.3 Å². The Labute approximate surface area is 116 Å². The normalized spacial score (nSPS) is 13.3. The van der Waals surface area contributed by atoms with Crippen LogP contribution in [0.25, 0.3) is 0 Å². The van der Waals surface area contributed by atoms with Crippen molar-refractivity contribution in [1.29, 1.82) is 5.26 Å². The first kappa shape index (κ1) is 18.5. The van der Waals surface area contributed by atoms with E-state index in [-0.39, 0.29) is 12.4 Å². The maximum absolute atomic E-state index is 12.7. The summed E-state index contributed by atoms with van der Waals surface area (Å²) in [5.74, 6) is 0. The van der Waals surface area contributed by atoms with Crippen LogP contribution in [0.5, 0.6) is 0 Å². The van der Waals surface area contributed by atoms with Gasteiger partial charge in [-0.05, 0) is 23.8 Å². The summed E-state index contributed by atoms with van der Waals surface area (Å²) in [5.41, 5.74) is 2.10. The Bertz CT molecular complexity index is 503. The van der Waals surface area contributed by atoms with Gasteiger partial charge in [0.05, 0.1) is 23.6 Å². The summed E-state index contributed by atoms with van der Waals surface area (Å²) in [4.78, 5) is 0. The van der Waals surface area contributed by atoms with Gasteiger partial charge >= 0.3 is 12.4 Å². The molecule has 1 rings (SSSR count). The number of hydrogen-bond acceptors (Lipinski definition) is 2. The Morgan fingerprint density at radius 1 is 1.10 bits per heavy atom. The molecule has 0 spiro atoms. The molecule has 112 valence electrons. The van der Waals surface area contributed by atoms with Crippen LogP contribution in [0.4, 0.5) is 26.3 Å². The number of hydrogen-bond donors (Lipinski definition) is 1. The van der Waals surface area contributed by atoms with E-state index >= 15 is 0 Å². The van der Waals surface area contributed by atoms with Crippen LogP contribution in [0.15, 0.2) is 18.2 Å². The predicted octanol–water partition coefficient (Wildman–Crippen LogP) is 4.06. The van der Waals surface area contributed by atoms with Crippen molar-refractivity contribution in [2.75, 3.05) is 0 Å². The molecule has 0 aliphatic rings. The molecule has 1 aromatic rings. The third-order valence-corrected chi connectivity index (χ3v) is 2.39. The molecular formula is C11H9ClF6N2. The average molecular weight is 319 g/mol. The maximum atomic E-state index is 12.7. The molecule has 1 aromatic carbocycles. The fraction of sp³-hybridized carbons (Fsp3) is 0.364. The summed E-state index contributed by atoms with van der Waals surface area (Å²) in [6.07, 6.45) is -10.1. The SMILES string of the molecule is Cl.N#CC[C@H](N)c1cc(C(F)(F)F)ccc1C(F)(F)F. The molecular weight excluding hydrogens is 310 g/mol. The standard InChI is InChI=1S/C11H8F6N2.ClH/c12-10(13,14)6-1-2-8(11(15,16)17)7(5-6)9(19)3-4-18;/h1-2,5,9H,3,19H2;1H/t9-;/m0./s1. The molecule has 2 N–H and O–H groups in total.